The fourth-order valence-electron chi connectivity index (χ4n) is 2.27. The van der Waals surface area contributed by atoms with E-state index in [1.54, 1.807) is 7.11 Å². The van der Waals surface area contributed by atoms with Gasteiger partial charge in [0, 0.05) is 12.6 Å². The lowest BCUT2D eigenvalue weighted by Crippen LogP contribution is -2.40. The van der Waals surface area contributed by atoms with Crippen LogP contribution in [0.1, 0.15) is 31.2 Å². The number of rotatable bonds is 4. The summed E-state index contributed by atoms with van der Waals surface area (Å²) < 4.78 is 5.14. The lowest BCUT2D eigenvalue weighted by molar-refractivity contribution is 0.236. The van der Waals surface area contributed by atoms with Crippen molar-refractivity contribution in [2.75, 3.05) is 7.11 Å². The Labute approximate surface area is 108 Å². The quantitative estimate of drug-likeness (QED) is 0.859. The van der Waals surface area contributed by atoms with Gasteiger partial charge in [-0.3, -0.25) is 0 Å². The first-order chi connectivity index (χ1) is 8.78. The minimum atomic E-state index is -0.0790. The minimum Gasteiger partial charge on any atom is -0.497 e. The van der Waals surface area contributed by atoms with Gasteiger partial charge in [-0.15, -0.1) is 0 Å². The lowest BCUT2D eigenvalue weighted by Gasteiger charge is -2.13. The van der Waals surface area contributed by atoms with Crippen molar-refractivity contribution in [2.45, 2.75) is 38.3 Å². The maximum absolute atomic E-state index is 11.7. The van der Waals surface area contributed by atoms with Crippen LogP contribution < -0.4 is 15.4 Å². The molecular formula is C14H20N2O2. The van der Waals surface area contributed by atoms with Crippen molar-refractivity contribution in [1.29, 1.82) is 0 Å². The van der Waals surface area contributed by atoms with Gasteiger partial charge in [-0.1, -0.05) is 25.0 Å². The van der Waals surface area contributed by atoms with Crippen molar-refractivity contribution >= 4 is 6.03 Å². The van der Waals surface area contributed by atoms with Crippen LogP contribution in [0.25, 0.3) is 0 Å². The van der Waals surface area contributed by atoms with Crippen molar-refractivity contribution in [3.8, 4) is 5.75 Å². The molecule has 4 nitrogen and oxygen atoms in total. The summed E-state index contributed by atoms with van der Waals surface area (Å²) in [5.74, 6) is 0.811. The zero-order valence-corrected chi connectivity index (χ0v) is 10.7. The van der Waals surface area contributed by atoms with Gasteiger partial charge in [0.15, 0.2) is 0 Å². The van der Waals surface area contributed by atoms with Crippen LogP contribution in [0.3, 0.4) is 0 Å². The molecule has 0 radical (unpaired) electrons. The highest BCUT2D eigenvalue weighted by atomic mass is 16.5. The molecular weight excluding hydrogens is 228 g/mol. The van der Waals surface area contributed by atoms with E-state index in [9.17, 15) is 4.79 Å². The topological polar surface area (TPSA) is 50.4 Å². The predicted octanol–water partition coefficient (Wildman–Crippen LogP) is 2.44. The third-order valence-corrected chi connectivity index (χ3v) is 3.28. The van der Waals surface area contributed by atoms with Crippen LogP contribution in [-0.4, -0.2) is 19.2 Å². The molecule has 1 aliphatic carbocycles. The third-order valence-electron chi connectivity index (χ3n) is 3.28. The molecule has 0 heterocycles. The van der Waals surface area contributed by atoms with Crippen molar-refractivity contribution in [2.24, 2.45) is 0 Å². The number of benzene rings is 1. The highest BCUT2D eigenvalue weighted by molar-refractivity contribution is 5.74. The summed E-state index contributed by atoms with van der Waals surface area (Å²) in [7, 11) is 1.64. The number of hydrogen-bond acceptors (Lipinski definition) is 2. The number of nitrogens with one attached hydrogen (secondary N) is 2. The number of urea groups is 1. The summed E-state index contributed by atoms with van der Waals surface area (Å²) in [4.78, 5) is 11.7. The largest absolute Gasteiger partial charge is 0.497 e. The highest BCUT2D eigenvalue weighted by Crippen LogP contribution is 2.17. The van der Waals surface area contributed by atoms with Gasteiger partial charge in [-0.2, -0.15) is 0 Å². The second kappa shape index (κ2) is 6.28. The third kappa shape index (κ3) is 3.65. The number of carbonyl (C=O) groups is 1. The Balaban J connectivity index is 1.77. The summed E-state index contributed by atoms with van der Waals surface area (Å²) in [5.41, 5.74) is 1.04. The molecule has 0 bridgehead atoms. The minimum absolute atomic E-state index is 0.0790. The Morgan fingerprint density at radius 2 is 2.17 bits per heavy atom. The van der Waals surface area contributed by atoms with E-state index >= 15 is 0 Å². The molecule has 1 aliphatic rings. The number of ether oxygens (including phenoxy) is 1. The average Bonchev–Trinajstić information content (AvgIpc) is 2.89. The molecule has 18 heavy (non-hydrogen) atoms. The number of hydrogen-bond donors (Lipinski definition) is 2. The normalized spacial score (nSPS) is 15.4. The van der Waals surface area contributed by atoms with Crippen molar-refractivity contribution in [3.63, 3.8) is 0 Å². The van der Waals surface area contributed by atoms with Crippen LogP contribution >= 0.6 is 0 Å². The van der Waals surface area contributed by atoms with Gasteiger partial charge in [0.25, 0.3) is 0 Å². The Morgan fingerprint density at radius 3 is 2.89 bits per heavy atom. The molecule has 0 aromatic heterocycles. The Kier molecular flexibility index (Phi) is 4.45. The van der Waals surface area contributed by atoms with Crippen LogP contribution in [0.4, 0.5) is 4.79 Å². The summed E-state index contributed by atoms with van der Waals surface area (Å²) in [6.07, 6.45) is 4.65. The second-order valence-corrected chi connectivity index (χ2v) is 4.66. The van der Waals surface area contributed by atoms with Crippen LogP contribution in [0.15, 0.2) is 24.3 Å². The first kappa shape index (κ1) is 12.7. The fourth-order valence-corrected chi connectivity index (χ4v) is 2.27. The lowest BCUT2D eigenvalue weighted by atomic mass is 10.2. The fraction of sp³-hybridized carbons (Fsp3) is 0.500. The van der Waals surface area contributed by atoms with E-state index in [1.807, 2.05) is 24.3 Å². The number of amides is 2. The van der Waals surface area contributed by atoms with Gasteiger partial charge < -0.3 is 15.4 Å². The summed E-state index contributed by atoms with van der Waals surface area (Å²) >= 11 is 0. The number of methoxy groups -OCH3 is 1. The van der Waals surface area contributed by atoms with Gasteiger partial charge in [0.2, 0.25) is 0 Å². The SMILES string of the molecule is COc1cccc(CNC(=O)NC2CCCC2)c1. The van der Waals surface area contributed by atoms with Gasteiger partial charge >= 0.3 is 6.03 Å². The van der Waals surface area contributed by atoms with E-state index in [1.165, 1.54) is 12.8 Å². The van der Waals surface area contributed by atoms with E-state index in [4.69, 9.17) is 4.74 Å². The first-order valence-electron chi connectivity index (χ1n) is 6.45. The molecule has 0 aliphatic heterocycles. The molecule has 2 amide bonds. The molecule has 0 unspecified atom stereocenters. The van der Waals surface area contributed by atoms with E-state index in [-0.39, 0.29) is 6.03 Å². The zero-order chi connectivity index (χ0) is 12.8. The Bertz CT molecular complexity index is 401. The van der Waals surface area contributed by atoms with Crippen LogP contribution in [0.5, 0.6) is 5.75 Å². The molecule has 2 N–H and O–H groups in total. The summed E-state index contributed by atoms with van der Waals surface area (Å²) in [6, 6.07) is 7.99. The molecule has 0 saturated heterocycles. The molecule has 0 spiro atoms. The van der Waals surface area contributed by atoms with Crippen LogP contribution in [0.2, 0.25) is 0 Å². The highest BCUT2D eigenvalue weighted by Gasteiger charge is 2.16. The molecule has 4 heteroatoms. The van der Waals surface area contributed by atoms with E-state index in [0.717, 1.165) is 24.2 Å². The molecule has 0 atom stereocenters. The Morgan fingerprint density at radius 1 is 1.39 bits per heavy atom. The maximum Gasteiger partial charge on any atom is 0.315 e. The van der Waals surface area contributed by atoms with Gasteiger partial charge in [-0.25, -0.2) is 4.79 Å². The second-order valence-electron chi connectivity index (χ2n) is 4.66. The Hall–Kier alpha value is -1.71. The van der Waals surface area contributed by atoms with Gasteiger partial charge in [-0.05, 0) is 30.5 Å². The summed E-state index contributed by atoms with van der Waals surface area (Å²) in [6.45, 7) is 0.524. The van der Waals surface area contributed by atoms with Gasteiger partial charge in [0.05, 0.1) is 7.11 Å². The van der Waals surface area contributed by atoms with Crippen molar-refractivity contribution in [3.05, 3.63) is 29.8 Å². The first-order valence-corrected chi connectivity index (χ1v) is 6.45. The molecule has 1 saturated carbocycles. The van der Waals surface area contributed by atoms with Crippen molar-refractivity contribution in [1.82, 2.24) is 10.6 Å². The van der Waals surface area contributed by atoms with Crippen LogP contribution in [-0.2, 0) is 6.54 Å². The van der Waals surface area contributed by atoms with E-state index in [0.29, 0.717) is 12.6 Å². The zero-order valence-electron chi connectivity index (χ0n) is 10.7. The predicted molar refractivity (Wildman–Crippen MR) is 70.6 cm³/mol. The summed E-state index contributed by atoms with van der Waals surface area (Å²) in [5, 5.41) is 5.87. The maximum atomic E-state index is 11.7. The molecule has 1 fully saturated rings. The smallest absolute Gasteiger partial charge is 0.315 e. The monoisotopic (exact) mass is 248 g/mol. The van der Waals surface area contributed by atoms with Crippen molar-refractivity contribution < 1.29 is 9.53 Å². The standard InChI is InChI=1S/C14H20N2O2/c1-18-13-8-4-5-11(9-13)10-15-14(17)16-12-6-2-3-7-12/h4-5,8-9,12H,2-3,6-7,10H2,1H3,(H2,15,16,17). The number of carbonyl (C=O) groups excluding carboxylic acids is 1. The molecule has 98 valence electrons. The molecule has 2 rings (SSSR count). The van der Waals surface area contributed by atoms with Crippen LogP contribution in [0, 0.1) is 0 Å². The van der Waals surface area contributed by atoms with E-state index < -0.39 is 0 Å². The molecule has 1 aromatic carbocycles. The van der Waals surface area contributed by atoms with Gasteiger partial charge in [0.1, 0.15) is 5.75 Å². The molecule has 1 aromatic rings. The van der Waals surface area contributed by atoms with E-state index in [2.05, 4.69) is 10.6 Å². The average molecular weight is 248 g/mol.